The van der Waals surface area contributed by atoms with Crippen LogP contribution in [0.3, 0.4) is 0 Å². The van der Waals surface area contributed by atoms with Gasteiger partial charge in [-0.2, -0.15) is 0 Å². The summed E-state index contributed by atoms with van der Waals surface area (Å²) in [4.78, 5) is 0. The molecule has 0 amide bonds. The Morgan fingerprint density at radius 3 is 3.00 bits per heavy atom. The van der Waals surface area contributed by atoms with Crippen LogP contribution in [-0.2, 0) is 0 Å². The van der Waals surface area contributed by atoms with Crippen LogP contribution in [0.2, 0.25) is 5.02 Å². The first-order chi connectivity index (χ1) is 7.34. The van der Waals surface area contributed by atoms with Crippen LogP contribution in [0.15, 0.2) is 24.3 Å². The van der Waals surface area contributed by atoms with E-state index in [1.807, 2.05) is 24.3 Å². The van der Waals surface area contributed by atoms with E-state index in [4.69, 9.17) is 16.3 Å². The first-order valence-electron chi connectivity index (χ1n) is 5.44. The topological polar surface area (TPSA) is 21.3 Å². The SMILES string of the molecule is Cl.Clc1cccc(OCC2CCCNC2)c1. The quantitative estimate of drug-likeness (QED) is 0.903. The fraction of sp³-hybridized carbons (Fsp3) is 0.500. The second kappa shape index (κ2) is 7.00. The van der Waals surface area contributed by atoms with Crippen molar-refractivity contribution in [1.29, 1.82) is 0 Å². The molecule has 1 unspecified atom stereocenters. The summed E-state index contributed by atoms with van der Waals surface area (Å²) in [6, 6.07) is 7.58. The third kappa shape index (κ3) is 4.20. The number of rotatable bonds is 3. The molecule has 90 valence electrons. The van der Waals surface area contributed by atoms with E-state index in [0.717, 1.165) is 30.5 Å². The van der Waals surface area contributed by atoms with Crippen LogP contribution in [0, 0.1) is 5.92 Å². The van der Waals surface area contributed by atoms with Gasteiger partial charge in [0, 0.05) is 17.5 Å². The zero-order chi connectivity index (χ0) is 10.5. The minimum atomic E-state index is 0. The molecule has 1 aliphatic heterocycles. The van der Waals surface area contributed by atoms with Crippen molar-refractivity contribution in [2.45, 2.75) is 12.8 Å². The second-order valence-electron chi connectivity index (χ2n) is 3.98. The maximum Gasteiger partial charge on any atom is 0.120 e. The van der Waals surface area contributed by atoms with Crippen LogP contribution in [0.5, 0.6) is 5.75 Å². The average molecular weight is 262 g/mol. The Labute approximate surface area is 108 Å². The summed E-state index contributed by atoms with van der Waals surface area (Å²) < 4.78 is 5.70. The second-order valence-corrected chi connectivity index (χ2v) is 4.42. The van der Waals surface area contributed by atoms with Crippen LogP contribution in [0.1, 0.15) is 12.8 Å². The van der Waals surface area contributed by atoms with Gasteiger partial charge in [-0.05, 0) is 37.6 Å². The van der Waals surface area contributed by atoms with Gasteiger partial charge in [0.05, 0.1) is 6.61 Å². The molecule has 2 nitrogen and oxygen atoms in total. The third-order valence-corrected chi connectivity index (χ3v) is 2.92. The highest BCUT2D eigenvalue weighted by molar-refractivity contribution is 6.30. The van der Waals surface area contributed by atoms with Gasteiger partial charge in [0.2, 0.25) is 0 Å². The predicted molar refractivity (Wildman–Crippen MR) is 69.8 cm³/mol. The fourth-order valence-corrected chi connectivity index (χ4v) is 2.02. The molecule has 4 heteroatoms. The molecule has 1 aromatic rings. The molecule has 1 fully saturated rings. The van der Waals surface area contributed by atoms with E-state index in [0.29, 0.717) is 5.92 Å². The lowest BCUT2D eigenvalue weighted by molar-refractivity contribution is 0.218. The van der Waals surface area contributed by atoms with Crippen molar-refractivity contribution in [3.05, 3.63) is 29.3 Å². The molecule has 0 spiro atoms. The predicted octanol–water partition coefficient (Wildman–Crippen LogP) is 3.14. The lowest BCUT2D eigenvalue weighted by atomic mass is 10.0. The molecule has 1 saturated heterocycles. The maximum absolute atomic E-state index is 5.87. The summed E-state index contributed by atoms with van der Waals surface area (Å²) >= 11 is 5.87. The summed E-state index contributed by atoms with van der Waals surface area (Å²) in [7, 11) is 0. The smallest absolute Gasteiger partial charge is 0.120 e. The van der Waals surface area contributed by atoms with E-state index in [-0.39, 0.29) is 12.4 Å². The van der Waals surface area contributed by atoms with E-state index < -0.39 is 0 Å². The van der Waals surface area contributed by atoms with E-state index in [9.17, 15) is 0 Å². The molecule has 0 aromatic heterocycles. The molecule has 0 saturated carbocycles. The number of piperidine rings is 1. The Morgan fingerprint density at radius 2 is 2.31 bits per heavy atom. The van der Waals surface area contributed by atoms with Crippen molar-refractivity contribution < 1.29 is 4.74 Å². The van der Waals surface area contributed by atoms with E-state index in [1.54, 1.807) is 0 Å². The summed E-state index contributed by atoms with van der Waals surface area (Å²) in [6.07, 6.45) is 2.51. The molecule has 1 aromatic carbocycles. The van der Waals surface area contributed by atoms with E-state index in [2.05, 4.69) is 5.32 Å². The normalized spacial score (nSPS) is 19.9. The molecule has 1 heterocycles. The zero-order valence-corrected chi connectivity index (χ0v) is 10.7. The van der Waals surface area contributed by atoms with Gasteiger partial charge in [0.25, 0.3) is 0 Å². The van der Waals surface area contributed by atoms with Crippen LogP contribution in [0.25, 0.3) is 0 Å². The Kier molecular flexibility index (Phi) is 5.96. The Morgan fingerprint density at radius 1 is 1.44 bits per heavy atom. The van der Waals surface area contributed by atoms with Gasteiger partial charge >= 0.3 is 0 Å². The van der Waals surface area contributed by atoms with Crippen molar-refractivity contribution >= 4 is 24.0 Å². The Bertz CT molecular complexity index is 314. The third-order valence-electron chi connectivity index (χ3n) is 2.68. The molecular weight excluding hydrogens is 245 g/mol. The first-order valence-corrected chi connectivity index (χ1v) is 5.81. The van der Waals surface area contributed by atoms with Gasteiger partial charge in [-0.1, -0.05) is 17.7 Å². The maximum atomic E-state index is 5.87. The number of ether oxygens (including phenoxy) is 1. The molecule has 0 aliphatic carbocycles. The molecule has 1 aliphatic rings. The first kappa shape index (κ1) is 13.6. The van der Waals surface area contributed by atoms with Crippen LogP contribution < -0.4 is 10.1 Å². The average Bonchev–Trinajstić information content (AvgIpc) is 2.28. The fourth-order valence-electron chi connectivity index (χ4n) is 1.84. The van der Waals surface area contributed by atoms with E-state index >= 15 is 0 Å². The highest BCUT2D eigenvalue weighted by atomic mass is 35.5. The van der Waals surface area contributed by atoms with Gasteiger partial charge in [0.15, 0.2) is 0 Å². The molecule has 0 bridgehead atoms. The summed E-state index contributed by atoms with van der Waals surface area (Å²) in [5.41, 5.74) is 0. The van der Waals surface area contributed by atoms with Crippen molar-refractivity contribution in [3.8, 4) is 5.75 Å². The number of halogens is 2. The van der Waals surface area contributed by atoms with Crippen molar-refractivity contribution in [1.82, 2.24) is 5.32 Å². The number of nitrogens with one attached hydrogen (secondary N) is 1. The Hall–Kier alpha value is -0.440. The van der Waals surface area contributed by atoms with Crippen molar-refractivity contribution in [3.63, 3.8) is 0 Å². The number of hydrogen-bond donors (Lipinski definition) is 1. The van der Waals surface area contributed by atoms with Crippen LogP contribution in [-0.4, -0.2) is 19.7 Å². The molecule has 1 atom stereocenters. The highest BCUT2D eigenvalue weighted by Gasteiger charge is 2.13. The van der Waals surface area contributed by atoms with Crippen LogP contribution >= 0.6 is 24.0 Å². The van der Waals surface area contributed by atoms with Crippen molar-refractivity contribution in [2.24, 2.45) is 5.92 Å². The number of benzene rings is 1. The molecule has 0 radical (unpaired) electrons. The Balaban J connectivity index is 0.00000128. The molecule has 16 heavy (non-hydrogen) atoms. The van der Waals surface area contributed by atoms with E-state index in [1.165, 1.54) is 12.8 Å². The van der Waals surface area contributed by atoms with Gasteiger partial charge in [-0.25, -0.2) is 0 Å². The standard InChI is InChI=1S/C12H16ClNO.ClH/c13-11-4-1-5-12(7-11)15-9-10-3-2-6-14-8-10;/h1,4-5,7,10,14H,2-3,6,8-9H2;1H. The summed E-state index contributed by atoms with van der Waals surface area (Å²) in [6.45, 7) is 3.00. The molecular formula is C12H17Cl2NO. The minimum absolute atomic E-state index is 0. The van der Waals surface area contributed by atoms with Gasteiger partial charge < -0.3 is 10.1 Å². The minimum Gasteiger partial charge on any atom is -0.493 e. The molecule has 1 N–H and O–H groups in total. The van der Waals surface area contributed by atoms with Gasteiger partial charge in [-0.15, -0.1) is 12.4 Å². The van der Waals surface area contributed by atoms with Gasteiger partial charge in [0.1, 0.15) is 5.75 Å². The van der Waals surface area contributed by atoms with Crippen LogP contribution in [0.4, 0.5) is 0 Å². The monoisotopic (exact) mass is 261 g/mol. The zero-order valence-electron chi connectivity index (χ0n) is 9.12. The number of hydrogen-bond acceptors (Lipinski definition) is 2. The van der Waals surface area contributed by atoms with Gasteiger partial charge in [-0.3, -0.25) is 0 Å². The van der Waals surface area contributed by atoms with Crippen molar-refractivity contribution in [2.75, 3.05) is 19.7 Å². The lowest BCUT2D eigenvalue weighted by Crippen LogP contribution is -2.33. The molecule has 2 rings (SSSR count). The highest BCUT2D eigenvalue weighted by Crippen LogP contribution is 2.19. The largest absolute Gasteiger partial charge is 0.493 e. The summed E-state index contributed by atoms with van der Waals surface area (Å²) in [5, 5.41) is 4.11. The lowest BCUT2D eigenvalue weighted by Gasteiger charge is -2.22. The summed E-state index contributed by atoms with van der Waals surface area (Å²) in [5.74, 6) is 1.51.